The number of imidazole rings is 1. The van der Waals surface area contributed by atoms with Crippen LogP contribution in [0.2, 0.25) is 5.02 Å². The summed E-state index contributed by atoms with van der Waals surface area (Å²) < 4.78 is 8.37. The van der Waals surface area contributed by atoms with Crippen LogP contribution in [0.5, 0.6) is 0 Å². The first-order valence-corrected chi connectivity index (χ1v) is 10.6. The SMILES string of the molecule is CC(C)NC(=O)N1CCC2(CC1)OC(C(=O)Nc1cccc(Cl)c1)Cn1ccnc12. The van der Waals surface area contributed by atoms with Crippen molar-refractivity contribution in [2.45, 2.75) is 51.0 Å². The van der Waals surface area contributed by atoms with Gasteiger partial charge in [-0.25, -0.2) is 9.78 Å². The lowest BCUT2D eigenvalue weighted by atomic mass is 9.88. The molecule has 0 saturated carbocycles. The number of amides is 3. The number of nitrogens with zero attached hydrogens (tertiary/aromatic N) is 3. The van der Waals surface area contributed by atoms with Gasteiger partial charge in [-0.3, -0.25) is 4.79 Å². The molecule has 160 valence electrons. The molecule has 0 aliphatic carbocycles. The van der Waals surface area contributed by atoms with Gasteiger partial charge in [0.05, 0.1) is 6.54 Å². The van der Waals surface area contributed by atoms with Crippen molar-refractivity contribution in [2.24, 2.45) is 0 Å². The molecule has 2 aliphatic rings. The summed E-state index contributed by atoms with van der Waals surface area (Å²) in [5.41, 5.74) is -0.0612. The number of hydrogen-bond acceptors (Lipinski definition) is 4. The van der Waals surface area contributed by atoms with Gasteiger partial charge in [-0.1, -0.05) is 17.7 Å². The summed E-state index contributed by atoms with van der Waals surface area (Å²) in [5, 5.41) is 6.37. The Morgan fingerprint density at radius 3 is 2.77 bits per heavy atom. The third-order valence-electron chi connectivity index (χ3n) is 5.51. The Morgan fingerprint density at radius 2 is 2.07 bits per heavy atom. The number of fused-ring (bicyclic) bond motifs is 2. The van der Waals surface area contributed by atoms with Gasteiger partial charge in [0, 0.05) is 55.1 Å². The third kappa shape index (κ3) is 4.15. The van der Waals surface area contributed by atoms with Crippen LogP contribution >= 0.6 is 11.6 Å². The number of piperidine rings is 1. The molecule has 2 aromatic rings. The van der Waals surface area contributed by atoms with Crippen molar-refractivity contribution in [1.29, 1.82) is 0 Å². The first-order chi connectivity index (χ1) is 14.4. The van der Waals surface area contributed by atoms with Gasteiger partial charge in [0.25, 0.3) is 5.91 Å². The molecular weight excluding hydrogens is 406 g/mol. The monoisotopic (exact) mass is 431 g/mol. The summed E-state index contributed by atoms with van der Waals surface area (Å²) in [7, 11) is 0. The standard InChI is InChI=1S/C21H26ClN5O3/c1-14(2)24-20(29)26-9-6-21(7-10-26)19-23-8-11-27(19)13-17(30-21)18(28)25-16-5-3-4-15(22)12-16/h3-5,8,11-12,14,17H,6-7,9-10,13H2,1-2H3,(H,24,29)(H,25,28). The molecule has 0 radical (unpaired) electrons. The minimum absolute atomic E-state index is 0.0748. The number of aromatic nitrogens is 2. The van der Waals surface area contributed by atoms with Crippen LogP contribution in [0.1, 0.15) is 32.5 Å². The molecule has 1 aromatic heterocycles. The lowest BCUT2D eigenvalue weighted by Crippen LogP contribution is -2.55. The van der Waals surface area contributed by atoms with Crippen molar-refractivity contribution in [3.63, 3.8) is 0 Å². The fourth-order valence-corrected chi connectivity index (χ4v) is 4.26. The van der Waals surface area contributed by atoms with Gasteiger partial charge in [0.1, 0.15) is 11.4 Å². The predicted octanol–water partition coefficient (Wildman–Crippen LogP) is 2.98. The van der Waals surface area contributed by atoms with E-state index in [0.29, 0.717) is 43.2 Å². The summed E-state index contributed by atoms with van der Waals surface area (Å²) >= 11 is 6.02. The Balaban J connectivity index is 1.49. The molecule has 1 saturated heterocycles. The number of hydrogen-bond donors (Lipinski definition) is 2. The predicted molar refractivity (Wildman–Crippen MR) is 113 cm³/mol. The smallest absolute Gasteiger partial charge is 0.317 e. The minimum atomic E-state index is -0.688. The number of anilines is 1. The van der Waals surface area contributed by atoms with Crippen molar-refractivity contribution >= 4 is 29.2 Å². The van der Waals surface area contributed by atoms with Gasteiger partial charge >= 0.3 is 6.03 Å². The van der Waals surface area contributed by atoms with E-state index >= 15 is 0 Å². The van der Waals surface area contributed by atoms with Crippen molar-refractivity contribution in [3.05, 3.63) is 47.5 Å². The van der Waals surface area contributed by atoms with Gasteiger partial charge in [0.15, 0.2) is 6.10 Å². The molecule has 1 unspecified atom stereocenters. The highest BCUT2D eigenvalue weighted by Crippen LogP contribution is 2.40. The Morgan fingerprint density at radius 1 is 1.30 bits per heavy atom. The second-order valence-corrected chi connectivity index (χ2v) is 8.53. The van der Waals surface area contributed by atoms with Crippen molar-refractivity contribution in [2.75, 3.05) is 18.4 Å². The molecule has 1 spiro atoms. The van der Waals surface area contributed by atoms with Crippen LogP contribution in [0, 0.1) is 0 Å². The number of rotatable bonds is 3. The molecule has 2 N–H and O–H groups in total. The second-order valence-electron chi connectivity index (χ2n) is 8.09. The van der Waals surface area contributed by atoms with Crippen LogP contribution in [-0.4, -0.2) is 51.6 Å². The van der Waals surface area contributed by atoms with Gasteiger partial charge in [-0.05, 0) is 32.0 Å². The zero-order valence-corrected chi connectivity index (χ0v) is 17.9. The molecule has 4 rings (SSSR count). The lowest BCUT2D eigenvalue weighted by Gasteiger charge is -2.45. The zero-order chi connectivity index (χ0) is 21.3. The molecule has 1 fully saturated rings. The normalized spacial score (nSPS) is 20.1. The maximum absolute atomic E-state index is 12.9. The highest BCUT2D eigenvalue weighted by Gasteiger charge is 2.47. The largest absolute Gasteiger partial charge is 0.352 e. The highest BCUT2D eigenvalue weighted by molar-refractivity contribution is 6.30. The number of carbonyl (C=O) groups excluding carboxylic acids is 2. The van der Waals surface area contributed by atoms with E-state index in [1.807, 2.05) is 24.6 Å². The number of likely N-dealkylation sites (tertiary alicyclic amines) is 1. The first kappa shape index (κ1) is 20.7. The van der Waals surface area contributed by atoms with E-state index in [2.05, 4.69) is 15.6 Å². The molecule has 1 aromatic carbocycles. The van der Waals surface area contributed by atoms with Gasteiger partial charge in [-0.15, -0.1) is 0 Å². The van der Waals surface area contributed by atoms with E-state index in [-0.39, 0.29) is 18.0 Å². The summed E-state index contributed by atoms with van der Waals surface area (Å²) in [6, 6.07) is 7.04. The van der Waals surface area contributed by atoms with Crippen LogP contribution < -0.4 is 10.6 Å². The van der Waals surface area contributed by atoms with Gasteiger partial charge in [-0.2, -0.15) is 0 Å². The number of halogens is 1. The number of benzene rings is 1. The maximum atomic E-state index is 12.9. The van der Waals surface area contributed by atoms with Gasteiger partial charge < -0.3 is 24.8 Å². The summed E-state index contributed by atoms with van der Waals surface area (Å²) in [6.07, 6.45) is 4.10. The molecule has 9 heteroatoms. The van der Waals surface area contributed by atoms with E-state index < -0.39 is 11.7 Å². The fraction of sp³-hybridized carbons (Fsp3) is 0.476. The second kappa shape index (κ2) is 8.28. The van der Waals surface area contributed by atoms with Crippen LogP contribution in [0.25, 0.3) is 0 Å². The maximum Gasteiger partial charge on any atom is 0.317 e. The average Bonchev–Trinajstić information content (AvgIpc) is 3.18. The van der Waals surface area contributed by atoms with Crippen molar-refractivity contribution in [3.8, 4) is 0 Å². The Kier molecular flexibility index (Phi) is 5.71. The number of ether oxygens (including phenoxy) is 1. The Bertz CT molecular complexity index is 936. The minimum Gasteiger partial charge on any atom is -0.352 e. The summed E-state index contributed by atoms with van der Waals surface area (Å²) in [6.45, 7) is 5.34. The van der Waals surface area contributed by atoms with E-state index in [9.17, 15) is 9.59 Å². The van der Waals surface area contributed by atoms with Crippen LogP contribution in [0.4, 0.5) is 10.5 Å². The number of carbonyl (C=O) groups is 2. The van der Waals surface area contributed by atoms with E-state index in [1.165, 1.54) is 0 Å². The molecule has 3 amide bonds. The molecular formula is C21H26ClN5O3. The lowest BCUT2D eigenvalue weighted by molar-refractivity contribution is -0.167. The molecule has 0 bridgehead atoms. The number of urea groups is 1. The van der Waals surface area contributed by atoms with Crippen LogP contribution in [0.15, 0.2) is 36.7 Å². The molecule has 2 aliphatic heterocycles. The van der Waals surface area contributed by atoms with Crippen LogP contribution in [0.3, 0.4) is 0 Å². The molecule has 1 atom stereocenters. The summed E-state index contributed by atoms with van der Waals surface area (Å²) in [5.74, 6) is 0.592. The zero-order valence-electron chi connectivity index (χ0n) is 17.1. The quantitative estimate of drug-likeness (QED) is 0.781. The van der Waals surface area contributed by atoms with E-state index in [4.69, 9.17) is 16.3 Å². The summed E-state index contributed by atoms with van der Waals surface area (Å²) in [4.78, 5) is 31.6. The molecule has 8 nitrogen and oxygen atoms in total. The molecule has 30 heavy (non-hydrogen) atoms. The van der Waals surface area contributed by atoms with Crippen LogP contribution in [-0.2, 0) is 21.7 Å². The van der Waals surface area contributed by atoms with Gasteiger partial charge in [0.2, 0.25) is 0 Å². The Labute approximate surface area is 180 Å². The Hall–Kier alpha value is -2.58. The fourth-order valence-electron chi connectivity index (χ4n) is 4.07. The topological polar surface area (TPSA) is 88.5 Å². The van der Waals surface area contributed by atoms with E-state index in [0.717, 1.165) is 5.82 Å². The third-order valence-corrected chi connectivity index (χ3v) is 5.74. The van der Waals surface area contributed by atoms with Crippen molar-refractivity contribution < 1.29 is 14.3 Å². The number of nitrogens with one attached hydrogen (secondary N) is 2. The van der Waals surface area contributed by atoms with E-state index in [1.54, 1.807) is 35.4 Å². The average molecular weight is 432 g/mol. The van der Waals surface area contributed by atoms with Crippen molar-refractivity contribution in [1.82, 2.24) is 19.8 Å². The highest BCUT2D eigenvalue weighted by atomic mass is 35.5. The molecule has 3 heterocycles. The first-order valence-electron chi connectivity index (χ1n) is 10.2.